The number of aromatic amines is 1. The van der Waals surface area contributed by atoms with Gasteiger partial charge in [0.25, 0.3) is 0 Å². The molecule has 0 amide bonds. The number of carbonyl (C=O) groups is 2. The van der Waals surface area contributed by atoms with Crippen LogP contribution in [0.1, 0.15) is 24.4 Å². The molecule has 0 radical (unpaired) electrons. The van der Waals surface area contributed by atoms with Crippen LogP contribution in [0, 0.1) is 0 Å². The minimum Gasteiger partial charge on any atom is -0.496 e. The molecule has 0 saturated carbocycles. The molecular formula is C27H33N3O8. The fraction of sp³-hybridized carbons (Fsp3) is 0.370. The van der Waals surface area contributed by atoms with Crippen molar-refractivity contribution < 1.29 is 34.4 Å². The van der Waals surface area contributed by atoms with E-state index < -0.39 is 18.0 Å². The molecule has 4 rings (SSSR count). The number of nitrogens with one attached hydrogen (secondary N) is 1. The standard InChI is InChI=1S/C23H29N3O4.C4H4O4/c1-29-22-9-5-2-6-17(22)15-30-16-19(27)14-25-12-10-18(11-13-25)26-21-8-4-3-7-20(21)24-23(26)28;5-3(6)1-2-4(7)8/h2-9,18-19,27H,10-16H2,1H3,(H,24,28);1-2H,(H,5,6)(H,7,8)/b;2-1-. The SMILES string of the molecule is COc1ccccc1COCC(O)CN1CCC(n2c(=O)[nH]c3ccccc32)CC1.O=C(O)/C=C\C(=O)O. The third kappa shape index (κ3) is 8.30. The van der Waals surface area contributed by atoms with E-state index >= 15 is 0 Å². The van der Waals surface area contributed by atoms with Gasteiger partial charge in [0.15, 0.2) is 0 Å². The normalized spacial score (nSPS) is 15.2. The van der Waals surface area contributed by atoms with Crippen LogP contribution in [-0.4, -0.2) is 81.2 Å². The maximum atomic E-state index is 12.4. The average Bonchev–Trinajstić information content (AvgIpc) is 3.24. The fourth-order valence-electron chi connectivity index (χ4n) is 4.42. The highest BCUT2D eigenvalue weighted by Crippen LogP contribution is 2.25. The molecule has 11 nitrogen and oxygen atoms in total. The number of piperidine rings is 1. The maximum absolute atomic E-state index is 12.4. The molecule has 1 fully saturated rings. The van der Waals surface area contributed by atoms with E-state index in [4.69, 9.17) is 19.7 Å². The number of H-pyrrole nitrogens is 1. The quantitative estimate of drug-likeness (QED) is 0.291. The van der Waals surface area contributed by atoms with Gasteiger partial charge in [-0.15, -0.1) is 0 Å². The van der Waals surface area contributed by atoms with Gasteiger partial charge in [0.2, 0.25) is 0 Å². The molecule has 11 heteroatoms. The van der Waals surface area contributed by atoms with Crippen molar-refractivity contribution in [2.24, 2.45) is 0 Å². The third-order valence-corrected chi connectivity index (χ3v) is 6.14. The van der Waals surface area contributed by atoms with E-state index in [1.165, 1.54) is 0 Å². The second-order valence-corrected chi connectivity index (χ2v) is 8.84. The molecule has 0 bridgehead atoms. The summed E-state index contributed by atoms with van der Waals surface area (Å²) >= 11 is 0. The Kier molecular flexibility index (Phi) is 10.6. The number of ether oxygens (including phenoxy) is 2. The molecule has 1 aliphatic heterocycles. The zero-order valence-corrected chi connectivity index (χ0v) is 21.2. The number of methoxy groups -OCH3 is 1. The number of aliphatic hydroxyl groups excluding tert-OH is 1. The third-order valence-electron chi connectivity index (χ3n) is 6.14. The summed E-state index contributed by atoms with van der Waals surface area (Å²) in [5.74, 6) is -1.72. The van der Waals surface area contributed by atoms with Gasteiger partial charge < -0.3 is 34.7 Å². The first kappa shape index (κ1) is 28.6. The highest BCUT2D eigenvalue weighted by molar-refractivity contribution is 5.89. The molecule has 1 atom stereocenters. The summed E-state index contributed by atoms with van der Waals surface area (Å²) in [5, 5.41) is 26.0. The lowest BCUT2D eigenvalue weighted by atomic mass is 10.0. The number of β-amino-alcohol motifs (C(OH)–C–C–N with tert-alkyl or cyclic N) is 1. The van der Waals surface area contributed by atoms with Crippen molar-refractivity contribution in [2.75, 3.05) is 33.4 Å². The number of aliphatic hydroxyl groups is 1. The van der Waals surface area contributed by atoms with Crippen molar-refractivity contribution in [1.29, 1.82) is 0 Å². The second kappa shape index (κ2) is 14.1. The van der Waals surface area contributed by atoms with E-state index in [2.05, 4.69) is 9.88 Å². The molecule has 1 unspecified atom stereocenters. The molecule has 0 spiro atoms. The van der Waals surface area contributed by atoms with Crippen molar-refractivity contribution in [3.05, 3.63) is 76.7 Å². The topological polar surface area (TPSA) is 154 Å². The molecule has 1 aliphatic rings. The lowest BCUT2D eigenvalue weighted by Crippen LogP contribution is -2.41. The number of carboxylic acid groups (broad SMARTS) is 2. The van der Waals surface area contributed by atoms with E-state index in [0.29, 0.717) is 25.3 Å². The zero-order valence-electron chi connectivity index (χ0n) is 21.2. The van der Waals surface area contributed by atoms with Crippen molar-refractivity contribution in [3.8, 4) is 5.75 Å². The number of imidazole rings is 1. The highest BCUT2D eigenvalue weighted by atomic mass is 16.5. The first-order valence-corrected chi connectivity index (χ1v) is 12.2. The number of benzene rings is 2. The van der Waals surface area contributed by atoms with Crippen LogP contribution in [0.15, 0.2) is 65.5 Å². The summed E-state index contributed by atoms with van der Waals surface area (Å²) in [6, 6.07) is 15.7. The van der Waals surface area contributed by atoms with Crippen LogP contribution in [-0.2, 0) is 20.9 Å². The van der Waals surface area contributed by atoms with Gasteiger partial charge in [0, 0.05) is 43.4 Å². The molecule has 1 saturated heterocycles. The van der Waals surface area contributed by atoms with Crippen LogP contribution in [0.2, 0.25) is 0 Å². The van der Waals surface area contributed by atoms with Gasteiger partial charge in [-0.05, 0) is 31.0 Å². The summed E-state index contributed by atoms with van der Waals surface area (Å²) in [5.41, 5.74) is 2.77. The summed E-state index contributed by atoms with van der Waals surface area (Å²) in [7, 11) is 1.64. The van der Waals surface area contributed by atoms with Gasteiger partial charge in [0.1, 0.15) is 5.75 Å². The van der Waals surface area contributed by atoms with E-state index in [0.717, 1.165) is 48.3 Å². The van der Waals surface area contributed by atoms with Gasteiger partial charge in [-0.2, -0.15) is 0 Å². The van der Waals surface area contributed by atoms with E-state index in [1.807, 2.05) is 53.1 Å². The molecule has 3 aromatic rings. The molecular weight excluding hydrogens is 494 g/mol. The van der Waals surface area contributed by atoms with E-state index in [1.54, 1.807) is 7.11 Å². The predicted molar refractivity (Wildman–Crippen MR) is 140 cm³/mol. The van der Waals surface area contributed by atoms with E-state index in [-0.39, 0.29) is 18.3 Å². The van der Waals surface area contributed by atoms with Crippen molar-refractivity contribution in [1.82, 2.24) is 14.5 Å². The van der Waals surface area contributed by atoms with E-state index in [9.17, 15) is 19.5 Å². The number of aliphatic carboxylic acids is 2. The number of para-hydroxylation sites is 3. The zero-order chi connectivity index (χ0) is 27.5. The minimum atomic E-state index is -1.26. The molecule has 38 heavy (non-hydrogen) atoms. The monoisotopic (exact) mass is 527 g/mol. The van der Waals surface area contributed by atoms with Gasteiger partial charge in [-0.3, -0.25) is 4.57 Å². The van der Waals surface area contributed by atoms with Gasteiger partial charge in [0.05, 0.1) is 37.5 Å². The Morgan fingerprint density at radius 2 is 1.68 bits per heavy atom. The Hall–Kier alpha value is -3.93. The molecule has 0 aliphatic carbocycles. The van der Waals surface area contributed by atoms with Gasteiger partial charge >= 0.3 is 17.6 Å². The number of fused-ring (bicyclic) bond motifs is 1. The van der Waals surface area contributed by atoms with Gasteiger partial charge in [-0.25, -0.2) is 14.4 Å². The summed E-state index contributed by atoms with van der Waals surface area (Å²) < 4.78 is 12.9. The first-order valence-electron chi connectivity index (χ1n) is 12.2. The molecule has 1 aromatic heterocycles. The van der Waals surface area contributed by atoms with Crippen LogP contribution in [0.4, 0.5) is 0 Å². The average molecular weight is 528 g/mol. The molecule has 4 N–H and O–H groups in total. The summed E-state index contributed by atoms with van der Waals surface area (Å²) in [6.45, 7) is 2.95. The highest BCUT2D eigenvalue weighted by Gasteiger charge is 2.24. The van der Waals surface area contributed by atoms with Crippen LogP contribution < -0.4 is 10.4 Å². The number of hydrogen-bond donors (Lipinski definition) is 4. The van der Waals surface area contributed by atoms with Crippen LogP contribution >= 0.6 is 0 Å². The first-order chi connectivity index (χ1) is 18.3. The number of likely N-dealkylation sites (tertiary alicyclic amines) is 1. The second-order valence-electron chi connectivity index (χ2n) is 8.84. The van der Waals surface area contributed by atoms with Crippen molar-refractivity contribution in [2.45, 2.75) is 31.6 Å². The Labute approximate surface area is 219 Å². The number of rotatable bonds is 10. The fourth-order valence-corrected chi connectivity index (χ4v) is 4.42. The smallest absolute Gasteiger partial charge is 0.328 e. The predicted octanol–water partition coefficient (Wildman–Crippen LogP) is 2.26. The van der Waals surface area contributed by atoms with Crippen molar-refractivity contribution >= 4 is 23.0 Å². The minimum absolute atomic E-state index is 0.0422. The van der Waals surface area contributed by atoms with Gasteiger partial charge in [-0.1, -0.05) is 30.3 Å². The number of nitrogens with zero attached hydrogens (tertiary/aromatic N) is 2. The largest absolute Gasteiger partial charge is 0.496 e. The number of hydrogen-bond acceptors (Lipinski definition) is 7. The summed E-state index contributed by atoms with van der Waals surface area (Å²) in [4.78, 5) is 36.7. The number of carboxylic acids is 2. The van der Waals surface area contributed by atoms with Crippen molar-refractivity contribution in [3.63, 3.8) is 0 Å². The Balaban J connectivity index is 0.000000436. The summed E-state index contributed by atoms with van der Waals surface area (Å²) in [6.07, 6.45) is 2.34. The molecule has 204 valence electrons. The van der Waals surface area contributed by atoms with Crippen LogP contribution in [0.3, 0.4) is 0 Å². The van der Waals surface area contributed by atoms with Crippen LogP contribution in [0.25, 0.3) is 11.0 Å². The number of aromatic nitrogens is 2. The maximum Gasteiger partial charge on any atom is 0.328 e. The molecule has 2 aromatic carbocycles. The lowest BCUT2D eigenvalue weighted by Gasteiger charge is -2.33. The Bertz CT molecular complexity index is 1270. The Morgan fingerprint density at radius 1 is 1.05 bits per heavy atom. The molecule has 2 heterocycles. The Morgan fingerprint density at radius 3 is 2.34 bits per heavy atom. The van der Waals surface area contributed by atoms with Crippen LogP contribution in [0.5, 0.6) is 5.75 Å². The lowest BCUT2D eigenvalue weighted by molar-refractivity contribution is -0.134.